The number of rotatable bonds is 4. The SMILES string of the molecule is Cc1ccccc1PC1=Cc2ccccc2[CH]1[Hf][CH]1C=Cc2c(C)ccc(C)c21. The Morgan fingerprint density at radius 2 is 1.55 bits per heavy atom. The van der Waals surface area contributed by atoms with Crippen LogP contribution in [0.25, 0.3) is 12.2 Å². The van der Waals surface area contributed by atoms with Gasteiger partial charge in [0.1, 0.15) is 0 Å². The van der Waals surface area contributed by atoms with E-state index in [1.807, 2.05) is 0 Å². The summed E-state index contributed by atoms with van der Waals surface area (Å²) < 4.78 is 1.40. The van der Waals surface area contributed by atoms with Gasteiger partial charge in [-0.15, -0.1) is 0 Å². The van der Waals surface area contributed by atoms with Gasteiger partial charge in [0.25, 0.3) is 0 Å². The molecule has 142 valence electrons. The van der Waals surface area contributed by atoms with E-state index in [2.05, 4.69) is 99.7 Å². The van der Waals surface area contributed by atoms with E-state index >= 15 is 0 Å². The molecule has 0 aliphatic heterocycles. The van der Waals surface area contributed by atoms with Crippen LogP contribution in [0.3, 0.4) is 0 Å². The van der Waals surface area contributed by atoms with Crippen LogP contribution in [0.2, 0.25) is 0 Å². The maximum absolute atomic E-state index is 2.53. The Bertz CT molecular complexity index is 1150. The van der Waals surface area contributed by atoms with E-state index in [1.54, 1.807) is 16.4 Å². The van der Waals surface area contributed by atoms with Crippen LogP contribution in [0.5, 0.6) is 0 Å². The second-order valence-electron chi connectivity index (χ2n) is 8.13. The molecule has 0 radical (unpaired) electrons. The molecule has 2 aliphatic rings. The van der Waals surface area contributed by atoms with Gasteiger partial charge in [0.05, 0.1) is 0 Å². The molecule has 0 N–H and O–H groups in total. The molecule has 0 saturated carbocycles. The van der Waals surface area contributed by atoms with Gasteiger partial charge in [0, 0.05) is 0 Å². The number of hydrogen-bond donors (Lipinski definition) is 0. The molecule has 0 bridgehead atoms. The van der Waals surface area contributed by atoms with E-state index in [-0.39, 0.29) is 0 Å². The van der Waals surface area contributed by atoms with Crippen LogP contribution in [-0.4, -0.2) is 0 Å². The topological polar surface area (TPSA) is 0 Å². The average Bonchev–Trinajstić information content (AvgIpc) is 3.30. The number of benzene rings is 3. The Morgan fingerprint density at radius 1 is 0.793 bits per heavy atom. The third-order valence-corrected chi connectivity index (χ3v) is 15.2. The quantitative estimate of drug-likeness (QED) is 0.242. The van der Waals surface area contributed by atoms with Gasteiger partial charge in [0.2, 0.25) is 0 Å². The van der Waals surface area contributed by atoms with Crippen molar-refractivity contribution in [3.8, 4) is 0 Å². The zero-order valence-corrected chi connectivity index (χ0v) is 21.8. The molecular formula is C27H25HfP. The summed E-state index contributed by atoms with van der Waals surface area (Å²) in [5, 5.41) is 3.19. The van der Waals surface area contributed by atoms with Crippen LogP contribution in [-0.2, 0) is 22.9 Å². The molecule has 0 fully saturated rings. The van der Waals surface area contributed by atoms with Gasteiger partial charge >= 0.3 is 188 Å². The van der Waals surface area contributed by atoms with Gasteiger partial charge in [0.15, 0.2) is 0 Å². The average molecular weight is 559 g/mol. The molecule has 0 nitrogen and oxygen atoms in total. The molecule has 0 amide bonds. The fourth-order valence-corrected chi connectivity index (χ4v) is 13.9. The van der Waals surface area contributed by atoms with Crippen molar-refractivity contribution in [2.75, 3.05) is 0 Å². The van der Waals surface area contributed by atoms with Gasteiger partial charge < -0.3 is 0 Å². The predicted octanol–water partition coefficient (Wildman–Crippen LogP) is 6.86. The van der Waals surface area contributed by atoms with Crippen LogP contribution < -0.4 is 5.30 Å². The molecule has 2 aliphatic carbocycles. The molecule has 5 rings (SSSR count). The van der Waals surface area contributed by atoms with Crippen LogP contribution in [0.4, 0.5) is 0 Å². The first-order chi connectivity index (χ1) is 14.1. The molecular weight excluding hydrogens is 534 g/mol. The normalized spacial score (nSPS) is 19.5. The second kappa shape index (κ2) is 7.93. The van der Waals surface area contributed by atoms with Crippen molar-refractivity contribution in [3.63, 3.8) is 0 Å². The van der Waals surface area contributed by atoms with Crippen LogP contribution in [0, 0.1) is 20.8 Å². The first-order valence-corrected chi connectivity index (χ1v) is 15.4. The number of hydrogen-bond acceptors (Lipinski definition) is 0. The van der Waals surface area contributed by atoms with Crippen molar-refractivity contribution in [1.82, 2.24) is 0 Å². The first kappa shape index (κ1) is 19.4. The first-order valence-electron chi connectivity index (χ1n) is 10.3. The van der Waals surface area contributed by atoms with Crippen molar-refractivity contribution in [1.29, 1.82) is 0 Å². The monoisotopic (exact) mass is 560 g/mol. The summed E-state index contributed by atoms with van der Waals surface area (Å²) in [5.41, 5.74) is 10.5. The van der Waals surface area contributed by atoms with Crippen LogP contribution >= 0.6 is 8.58 Å². The molecule has 0 saturated heterocycles. The van der Waals surface area contributed by atoms with E-state index in [0.717, 1.165) is 8.58 Å². The van der Waals surface area contributed by atoms with Crippen LogP contribution in [0.1, 0.15) is 46.3 Å². The molecule has 3 aromatic carbocycles. The molecule has 3 atom stereocenters. The predicted molar refractivity (Wildman–Crippen MR) is 124 cm³/mol. The summed E-state index contributed by atoms with van der Waals surface area (Å²) in [7, 11) is 0.790. The van der Waals surface area contributed by atoms with Crippen molar-refractivity contribution in [3.05, 3.63) is 111 Å². The van der Waals surface area contributed by atoms with Gasteiger partial charge in [-0.1, -0.05) is 0 Å². The van der Waals surface area contributed by atoms with Crippen molar-refractivity contribution < 1.29 is 22.9 Å². The number of aryl methyl sites for hydroxylation is 3. The summed E-state index contributed by atoms with van der Waals surface area (Å²) in [6.45, 7) is 6.81. The molecule has 0 heterocycles. The summed E-state index contributed by atoms with van der Waals surface area (Å²) in [6.07, 6.45) is 7.45. The molecule has 2 heteroatoms. The zero-order valence-electron chi connectivity index (χ0n) is 17.2. The molecule has 3 aromatic rings. The minimum atomic E-state index is -1.04. The Balaban J connectivity index is 1.50. The number of fused-ring (bicyclic) bond motifs is 2. The van der Waals surface area contributed by atoms with Gasteiger partial charge in [-0.3, -0.25) is 0 Å². The van der Waals surface area contributed by atoms with Gasteiger partial charge in [-0.2, -0.15) is 0 Å². The van der Waals surface area contributed by atoms with E-state index in [0.29, 0.717) is 7.35 Å². The Hall–Kier alpha value is -1.56. The van der Waals surface area contributed by atoms with Crippen LogP contribution in [0.15, 0.2) is 72.1 Å². The van der Waals surface area contributed by atoms with Gasteiger partial charge in [-0.25, -0.2) is 0 Å². The standard InChI is InChI=1S/C16H14P.C11H11.Hf/c1-12-6-2-5-9-16(12)17-15-10-13-7-3-4-8-14(13)11-15;1-8-6-7-9(2)11-5-3-4-10(8)11;/h2-11,17H,1H3;3-7H,1-2H3;. The summed E-state index contributed by atoms with van der Waals surface area (Å²) in [6, 6.07) is 22.7. The summed E-state index contributed by atoms with van der Waals surface area (Å²) >= 11 is -1.04. The van der Waals surface area contributed by atoms with E-state index in [9.17, 15) is 0 Å². The van der Waals surface area contributed by atoms with Crippen molar-refractivity contribution >= 4 is 26.0 Å². The Morgan fingerprint density at radius 3 is 2.41 bits per heavy atom. The molecule has 0 aromatic heterocycles. The van der Waals surface area contributed by atoms with Gasteiger partial charge in [-0.05, 0) is 0 Å². The molecule has 3 unspecified atom stereocenters. The zero-order chi connectivity index (χ0) is 20.0. The molecule has 0 spiro atoms. The summed E-state index contributed by atoms with van der Waals surface area (Å²) in [5.74, 6) is 0. The fourth-order valence-electron chi connectivity index (χ4n) is 4.58. The van der Waals surface area contributed by atoms with Crippen molar-refractivity contribution in [2.45, 2.75) is 28.1 Å². The fraction of sp³-hybridized carbons (Fsp3) is 0.185. The van der Waals surface area contributed by atoms with E-state index in [1.165, 1.54) is 33.1 Å². The minimum absolute atomic E-state index is 0.699. The molecule has 29 heavy (non-hydrogen) atoms. The third-order valence-electron chi connectivity index (χ3n) is 6.19. The Kier molecular flexibility index (Phi) is 5.31. The van der Waals surface area contributed by atoms with E-state index < -0.39 is 22.9 Å². The van der Waals surface area contributed by atoms with Crippen molar-refractivity contribution in [2.24, 2.45) is 0 Å². The Labute approximate surface area is 187 Å². The second-order valence-corrected chi connectivity index (χ2v) is 15.0. The van der Waals surface area contributed by atoms with E-state index in [4.69, 9.17) is 0 Å². The third kappa shape index (κ3) is 3.58. The number of allylic oxidation sites excluding steroid dienone is 2. The maximum atomic E-state index is 2.53. The summed E-state index contributed by atoms with van der Waals surface area (Å²) in [4.78, 5) is 0.